The Kier molecular flexibility index (Phi) is 5.03. The van der Waals surface area contributed by atoms with E-state index in [0.717, 1.165) is 23.0 Å². The smallest absolute Gasteiger partial charge is 0.411 e. The lowest BCUT2D eigenvalue weighted by molar-refractivity contribution is -0.0342. The molecule has 5 nitrogen and oxygen atoms in total. The molecule has 2 aromatic rings. The van der Waals surface area contributed by atoms with Crippen LogP contribution in [0.3, 0.4) is 0 Å². The van der Waals surface area contributed by atoms with Gasteiger partial charge >= 0.3 is 6.09 Å². The van der Waals surface area contributed by atoms with Crippen molar-refractivity contribution in [2.24, 2.45) is 0 Å². The fourth-order valence-corrected chi connectivity index (χ4v) is 3.77. The molecule has 1 amide bonds. The number of carbonyl (C=O) groups is 2. The molecule has 4 rings (SSSR count). The number of nitrogens with zero attached hydrogens (tertiary/aromatic N) is 1. The van der Waals surface area contributed by atoms with Crippen LogP contribution in [0.25, 0.3) is 5.57 Å². The van der Waals surface area contributed by atoms with E-state index in [1.807, 2.05) is 60.7 Å². The summed E-state index contributed by atoms with van der Waals surface area (Å²) in [4.78, 5) is 25.9. The van der Waals surface area contributed by atoms with Crippen molar-refractivity contribution >= 4 is 18.0 Å². The molecule has 0 N–H and O–H groups in total. The summed E-state index contributed by atoms with van der Waals surface area (Å²) in [6.07, 6.45) is 3.23. The molecule has 5 heteroatoms. The fraction of sp³-hybridized carbons (Fsp3) is 0.273. The summed E-state index contributed by atoms with van der Waals surface area (Å²) in [5.74, 6) is 0. The third-order valence-electron chi connectivity index (χ3n) is 5.05. The summed E-state index contributed by atoms with van der Waals surface area (Å²) in [6, 6.07) is 16.9. The molecule has 2 atom stereocenters. The maximum atomic E-state index is 12.7. The first-order valence-electron chi connectivity index (χ1n) is 9.08. The number of benzene rings is 2. The summed E-state index contributed by atoms with van der Waals surface area (Å²) in [7, 11) is 0. The molecular weight excluding hydrogens is 342 g/mol. The first kappa shape index (κ1) is 17.5. The number of morpholine rings is 1. The van der Waals surface area contributed by atoms with Gasteiger partial charge in [-0.15, -0.1) is 0 Å². The minimum atomic E-state index is -0.323. The standard InChI is InChI=1S/C22H21NO4/c24-12-17-8-4-5-9-21(17)18-10-19-14-26-15-20(11-18)23(19)22(25)27-13-16-6-2-1-3-7-16/h1-10,12,19-20H,11,13-15H2. The van der Waals surface area contributed by atoms with Crippen LogP contribution in [0.4, 0.5) is 4.79 Å². The van der Waals surface area contributed by atoms with Gasteiger partial charge in [-0.1, -0.05) is 60.7 Å². The Bertz CT molecular complexity index is 862. The Labute approximate surface area is 158 Å². The second-order valence-corrected chi connectivity index (χ2v) is 6.81. The van der Waals surface area contributed by atoms with Gasteiger partial charge < -0.3 is 9.47 Å². The number of aldehydes is 1. The van der Waals surface area contributed by atoms with Crippen molar-refractivity contribution in [1.29, 1.82) is 0 Å². The number of amides is 1. The van der Waals surface area contributed by atoms with Gasteiger partial charge in [-0.25, -0.2) is 4.79 Å². The number of rotatable bonds is 4. The van der Waals surface area contributed by atoms with Crippen LogP contribution in [-0.4, -0.2) is 42.6 Å². The van der Waals surface area contributed by atoms with E-state index in [9.17, 15) is 9.59 Å². The SMILES string of the molecule is O=Cc1ccccc1C1=CC2COCC(C1)N2C(=O)OCc1ccccc1. The summed E-state index contributed by atoms with van der Waals surface area (Å²) in [5, 5.41) is 0. The summed E-state index contributed by atoms with van der Waals surface area (Å²) in [5.41, 5.74) is 3.65. The van der Waals surface area contributed by atoms with E-state index in [2.05, 4.69) is 0 Å². The Morgan fingerprint density at radius 3 is 2.67 bits per heavy atom. The van der Waals surface area contributed by atoms with E-state index >= 15 is 0 Å². The average molecular weight is 363 g/mol. The molecule has 2 aliphatic rings. The fourth-order valence-electron chi connectivity index (χ4n) is 3.77. The first-order valence-corrected chi connectivity index (χ1v) is 9.08. The predicted octanol–water partition coefficient (Wildman–Crippen LogP) is 3.69. The second-order valence-electron chi connectivity index (χ2n) is 6.81. The van der Waals surface area contributed by atoms with Crippen LogP contribution in [0.5, 0.6) is 0 Å². The van der Waals surface area contributed by atoms with Gasteiger partial charge in [-0.3, -0.25) is 9.69 Å². The predicted molar refractivity (Wildman–Crippen MR) is 101 cm³/mol. The molecular formula is C22H21NO4. The number of ether oxygens (including phenoxy) is 2. The molecule has 0 radical (unpaired) electrons. The van der Waals surface area contributed by atoms with Crippen molar-refractivity contribution in [1.82, 2.24) is 4.90 Å². The van der Waals surface area contributed by atoms with Gasteiger partial charge in [0.15, 0.2) is 6.29 Å². The quantitative estimate of drug-likeness (QED) is 0.778. The van der Waals surface area contributed by atoms with E-state index in [4.69, 9.17) is 9.47 Å². The number of carbonyl (C=O) groups excluding carboxylic acids is 2. The molecule has 2 bridgehead atoms. The topological polar surface area (TPSA) is 55.8 Å². The van der Waals surface area contributed by atoms with E-state index in [1.54, 1.807) is 4.90 Å². The zero-order valence-corrected chi connectivity index (χ0v) is 14.9. The second kappa shape index (κ2) is 7.76. The van der Waals surface area contributed by atoms with Gasteiger partial charge in [0.2, 0.25) is 0 Å². The van der Waals surface area contributed by atoms with Gasteiger partial charge in [0, 0.05) is 5.56 Å². The van der Waals surface area contributed by atoms with Crippen molar-refractivity contribution in [3.05, 3.63) is 77.4 Å². The largest absolute Gasteiger partial charge is 0.445 e. The molecule has 2 heterocycles. The normalized spacial score (nSPS) is 21.3. The Hall–Kier alpha value is -2.92. The van der Waals surface area contributed by atoms with Crippen LogP contribution >= 0.6 is 0 Å². The van der Waals surface area contributed by atoms with Crippen LogP contribution < -0.4 is 0 Å². The third-order valence-corrected chi connectivity index (χ3v) is 5.05. The number of hydrogen-bond acceptors (Lipinski definition) is 4. The molecule has 2 aliphatic heterocycles. The minimum absolute atomic E-state index is 0.0910. The molecule has 0 spiro atoms. The Morgan fingerprint density at radius 1 is 1.11 bits per heavy atom. The van der Waals surface area contributed by atoms with Crippen LogP contribution in [0, 0.1) is 0 Å². The molecule has 0 aliphatic carbocycles. The Balaban J connectivity index is 1.53. The van der Waals surface area contributed by atoms with Crippen molar-refractivity contribution in [2.75, 3.05) is 13.2 Å². The van der Waals surface area contributed by atoms with Crippen molar-refractivity contribution < 1.29 is 19.1 Å². The minimum Gasteiger partial charge on any atom is -0.445 e. The van der Waals surface area contributed by atoms with Crippen LogP contribution in [0.1, 0.15) is 27.9 Å². The molecule has 1 fully saturated rings. The van der Waals surface area contributed by atoms with E-state index in [0.29, 0.717) is 25.2 Å². The van der Waals surface area contributed by atoms with Crippen LogP contribution in [-0.2, 0) is 16.1 Å². The highest BCUT2D eigenvalue weighted by atomic mass is 16.6. The van der Waals surface area contributed by atoms with Gasteiger partial charge in [-0.2, -0.15) is 0 Å². The Morgan fingerprint density at radius 2 is 1.89 bits per heavy atom. The lowest BCUT2D eigenvalue weighted by Crippen LogP contribution is -2.56. The average Bonchev–Trinajstić information content (AvgIpc) is 2.71. The number of fused-ring (bicyclic) bond motifs is 2. The lowest BCUT2D eigenvalue weighted by atomic mass is 9.88. The molecule has 0 aromatic heterocycles. The molecule has 2 unspecified atom stereocenters. The highest BCUT2D eigenvalue weighted by Gasteiger charge is 2.39. The first-order chi connectivity index (χ1) is 13.3. The lowest BCUT2D eigenvalue weighted by Gasteiger charge is -2.43. The van der Waals surface area contributed by atoms with Crippen LogP contribution in [0.2, 0.25) is 0 Å². The molecule has 27 heavy (non-hydrogen) atoms. The summed E-state index contributed by atoms with van der Waals surface area (Å²) < 4.78 is 11.2. The monoisotopic (exact) mass is 363 g/mol. The zero-order chi connectivity index (χ0) is 18.6. The van der Waals surface area contributed by atoms with Crippen molar-refractivity contribution in [3.63, 3.8) is 0 Å². The molecule has 1 saturated heterocycles. The molecule has 2 aromatic carbocycles. The van der Waals surface area contributed by atoms with E-state index in [1.165, 1.54) is 0 Å². The van der Waals surface area contributed by atoms with Gasteiger partial charge in [0.1, 0.15) is 6.61 Å². The van der Waals surface area contributed by atoms with Gasteiger partial charge in [-0.05, 0) is 23.1 Å². The van der Waals surface area contributed by atoms with Crippen molar-refractivity contribution in [2.45, 2.75) is 25.1 Å². The maximum Gasteiger partial charge on any atom is 0.411 e. The van der Waals surface area contributed by atoms with Crippen molar-refractivity contribution in [3.8, 4) is 0 Å². The molecule has 138 valence electrons. The van der Waals surface area contributed by atoms with Gasteiger partial charge in [0.05, 0.1) is 25.3 Å². The highest BCUT2D eigenvalue weighted by molar-refractivity contribution is 5.86. The van der Waals surface area contributed by atoms with E-state index < -0.39 is 0 Å². The van der Waals surface area contributed by atoms with Gasteiger partial charge in [0.25, 0.3) is 0 Å². The highest BCUT2D eigenvalue weighted by Crippen LogP contribution is 2.34. The third kappa shape index (κ3) is 3.64. The number of hydrogen-bond donors (Lipinski definition) is 0. The summed E-state index contributed by atoms with van der Waals surface area (Å²) in [6.45, 7) is 1.16. The summed E-state index contributed by atoms with van der Waals surface area (Å²) >= 11 is 0. The molecule has 0 saturated carbocycles. The maximum absolute atomic E-state index is 12.7. The van der Waals surface area contributed by atoms with Crippen LogP contribution in [0.15, 0.2) is 60.7 Å². The zero-order valence-electron chi connectivity index (χ0n) is 14.9. The van der Waals surface area contributed by atoms with E-state index in [-0.39, 0.29) is 24.8 Å².